The van der Waals surface area contributed by atoms with Gasteiger partial charge in [0.15, 0.2) is 11.4 Å². The number of benzene rings is 3. The van der Waals surface area contributed by atoms with Gasteiger partial charge in [-0.2, -0.15) is 0 Å². The van der Waals surface area contributed by atoms with Gasteiger partial charge in [0.25, 0.3) is 5.82 Å². The lowest BCUT2D eigenvalue weighted by Gasteiger charge is -2.06. The predicted molar refractivity (Wildman–Crippen MR) is 107 cm³/mol. The third-order valence-electron chi connectivity index (χ3n) is 4.98. The van der Waals surface area contributed by atoms with E-state index in [1.54, 1.807) is 0 Å². The van der Waals surface area contributed by atoms with Crippen LogP contribution in [0, 0.1) is 6.92 Å². The monoisotopic (exact) mass is 466 g/mol. The first kappa shape index (κ1) is 19.4. The number of rotatable bonds is 4. The second kappa shape index (κ2) is 8.53. The maximum Gasteiger partial charge on any atom is 0.254 e. The molecule has 4 rings (SSSR count). The molecular weight excluding hydrogens is 443 g/mol. The normalized spacial score (nSPS) is 10.4. The lowest BCUT2D eigenvalue weighted by molar-refractivity contribution is -0.683. The highest BCUT2D eigenvalue weighted by Crippen LogP contribution is 2.31. The zero-order valence-corrected chi connectivity index (χ0v) is 17.8. The molecule has 3 heteroatoms. The van der Waals surface area contributed by atoms with Crippen molar-refractivity contribution < 1.29 is 28.5 Å². The molecule has 3 aromatic carbocycles. The van der Waals surface area contributed by atoms with E-state index in [1.165, 1.54) is 33.9 Å². The number of nitrogens with zero attached hydrogens (tertiary/aromatic N) is 2. The smallest absolute Gasteiger partial charge is 0.254 e. The molecule has 0 amide bonds. The maximum atomic E-state index is 2.42. The van der Waals surface area contributed by atoms with Gasteiger partial charge in [-0.1, -0.05) is 91.0 Å². The Bertz CT molecular complexity index is 1010. The average Bonchev–Trinajstić information content (AvgIpc) is 2.95. The van der Waals surface area contributed by atoms with Crippen LogP contribution in [0.5, 0.6) is 0 Å². The molecule has 27 heavy (non-hydrogen) atoms. The standard InChI is InChI=1S/C24H23N2.HI/c1-19-25(2)23(21-14-8-4-9-15-21)24(22-16-10-5-11-17-22)26(19)18-20-12-6-3-7-13-20;/h3-17H,18H2,1-2H3;1H/q+1;/p-1. The van der Waals surface area contributed by atoms with Gasteiger partial charge < -0.3 is 24.0 Å². The molecule has 0 saturated heterocycles. The van der Waals surface area contributed by atoms with E-state index < -0.39 is 0 Å². The fourth-order valence-corrected chi connectivity index (χ4v) is 3.57. The van der Waals surface area contributed by atoms with Crippen LogP contribution in [0.4, 0.5) is 0 Å². The highest BCUT2D eigenvalue weighted by molar-refractivity contribution is 5.76. The lowest BCUT2D eigenvalue weighted by atomic mass is 10.0. The minimum atomic E-state index is 0. The van der Waals surface area contributed by atoms with E-state index in [0.717, 1.165) is 6.54 Å². The van der Waals surface area contributed by atoms with Gasteiger partial charge in [-0.05, 0) is 5.56 Å². The van der Waals surface area contributed by atoms with Crippen LogP contribution in [0.1, 0.15) is 11.4 Å². The Morgan fingerprint density at radius 2 is 1.19 bits per heavy atom. The van der Waals surface area contributed by atoms with Gasteiger partial charge in [-0.3, -0.25) is 0 Å². The molecule has 0 aliphatic heterocycles. The number of hydrogen-bond acceptors (Lipinski definition) is 0. The van der Waals surface area contributed by atoms with Gasteiger partial charge in [0.05, 0.1) is 7.05 Å². The van der Waals surface area contributed by atoms with E-state index in [0.29, 0.717) is 0 Å². The Hall–Kier alpha value is -2.40. The van der Waals surface area contributed by atoms with Crippen molar-refractivity contribution in [2.75, 3.05) is 0 Å². The summed E-state index contributed by atoms with van der Waals surface area (Å²) < 4.78 is 4.73. The van der Waals surface area contributed by atoms with E-state index in [9.17, 15) is 0 Å². The Balaban J connectivity index is 0.00000210. The topological polar surface area (TPSA) is 8.81 Å². The molecule has 0 unspecified atom stereocenters. The average molecular weight is 466 g/mol. The van der Waals surface area contributed by atoms with Crippen molar-refractivity contribution in [1.82, 2.24) is 4.57 Å². The number of imidazole rings is 1. The molecule has 1 heterocycles. The first-order valence-electron chi connectivity index (χ1n) is 8.99. The van der Waals surface area contributed by atoms with Gasteiger partial charge in [0.1, 0.15) is 6.54 Å². The van der Waals surface area contributed by atoms with E-state index in [2.05, 4.69) is 114 Å². The van der Waals surface area contributed by atoms with E-state index in [4.69, 9.17) is 0 Å². The maximum absolute atomic E-state index is 2.42. The third kappa shape index (κ3) is 3.83. The molecule has 0 spiro atoms. The van der Waals surface area contributed by atoms with Crippen LogP contribution in [0.2, 0.25) is 0 Å². The molecule has 0 bridgehead atoms. The Labute approximate surface area is 178 Å². The summed E-state index contributed by atoms with van der Waals surface area (Å²) in [7, 11) is 2.16. The summed E-state index contributed by atoms with van der Waals surface area (Å²) in [4.78, 5) is 0. The summed E-state index contributed by atoms with van der Waals surface area (Å²) in [5.74, 6) is 1.24. The van der Waals surface area contributed by atoms with Crippen LogP contribution in [0.25, 0.3) is 22.5 Å². The molecule has 0 aliphatic carbocycles. The molecule has 0 saturated carbocycles. The summed E-state index contributed by atoms with van der Waals surface area (Å²) in [6.07, 6.45) is 0. The molecule has 0 atom stereocenters. The molecule has 0 N–H and O–H groups in total. The zero-order valence-electron chi connectivity index (χ0n) is 15.6. The van der Waals surface area contributed by atoms with Crippen molar-refractivity contribution in [2.24, 2.45) is 7.05 Å². The molecule has 2 nitrogen and oxygen atoms in total. The van der Waals surface area contributed by atoms with Crippen molar-refractivity contribution >= 4 is 0 Å². The van der Waals surface area contributed by atoms with Gasteiger partial charge >= 0.3 is 0 Å². The molecule has 4 aromatic rings. The minimum absolute atomic E-state index is 0. The first-order valence-corrected chi connectivity index (χ1v) is 8.99. The Kier molecular flexibility index (Phi) is 6.11. The first-order chi connectivity index (χ1) is 12.8. The van der Waals surface area contributed by atoms with Crippen molar-refractivity contribution in [3.8, 4) is 22.5 Å². The molecule has 136 valence electrons. The van der Waals surface area contributed by atoms with E-state index in [1.807, 2.05) is 0 Å². The Morgan fingerprint density at radius 1 is 0.704 bits per heavy atom. The minimum Gasteiger partial charge on any atom is -1.00 e. The van der Waals surface area contributed by atoms with Gasteiger partial charge in [-0.25, -0.2) is 9.13 Å². The summed E-state index contributed by atoms with van der Waals surface area (Å²) >= 11 is 0. The highest BCUT2D eigenvalue weighted by atomic mass is 127. The van der Waals surface area contributed by atoms with Gasteiger partial charge in [0.2, 0.25) is 0 Å². The van der Waals surface area contributed by atoms with Gasteiger partial charge in [-0.15, -0.1) is 0 Å². The Morgan fingerprint density at radius 3 is 1.74 bits per heavy atom. The second-order valence-electron chi connectivity index (χ2n) is 6.61. The van der Waals surface area contributed by atoms with Crippen LogP contribution in [-0.4, -0.2) is 4.57 Å². The zero-order chi connectivity index (χ0) is 17.9. The third-order valence-corrected chi connectivity index (χ3v) is 4.98. The van der Waals surface area contributed by atoms with Crippen LogP contribution >= 0.6 is 0 Å². The van der Waals surface area contributed by atoms with Crippen molar-refractivity contribution in [2.45, 2.75) is 13.5 Å². The predicted octanol–water partition coefficient (Wildman–Crippen LogP) is 2.01. The van der Waals surface area contributed by atoms with Crippen molar-refractivity contribution in [1.29, 1.82) is 0 Å². The fourth-order valence-electron chi connectivity index (χ4n) is 3.57. The summed E-state index contributed by atoms with van der Waals surface area (Å²) in [6, 6.07) is 32.0. The van der Waals surface area contributed by atoms with Crippen LogP contribution in [0.3, 0.4) is 0 Å². The molecule has 0 radical (unpaired) electrons. The molecule has 1 aromatic heterocycles. The quantitative estimate of drug-likeness (QED) is 0.322. The molecule has 0 aliphatic rings. The highest BCUT2D eigenvalue weighted by Gasteiger charge is 2.28. The van der Waals surface area contributed by atoms with Crippen molar-refractivity contribution in [3.05, 3.63) is 102 Å². The van der Waals surface area contributed by atoms with Gasteiger partial charge in [0, 0.05) is 18.1 Å². The summed E-state index contributed by atoms with van der Waals surface area (Å²) in [5.41, 5.74) is 6.31. The van der Waals surface area contributed by atoms with Crippen LogP contribution in [0.15, 0.2) is 91.0 Å². The fraction of sp³-hybridized carbons (Fsp3) is 0.125. The second-order valence-corrected chi connectivity index (χ2v) is 6.61. The molecular formula is C24H23IN2. The van der Waals surface area contributed by atoms with E-state index >= 15 is 0 Å². The summed E-state index contributed by atoms with van der Waals surface area (Å²) in [5, 5.41) is 0. The largest absolute Gasteiger partial charge is 1.00 e. The SMILES string of the molecule is Cc1n(C)c(-c2ccccc2)c(-c2ccccc2)[n+]1Cc1ccccc1.[I-]. The summed E-state index contributed by atoms with van der Waals surface area (Å²) in [6.45, 7) is 3.05. The van der Waals surface area contributed by atoms with Crippen LogP contribution < -0.4 is 28.5 Å². The number of aromatic nitrogens is 2. The van der Waals surface area contributed by atoms with E-state index in [-0.39, 0.29) is 24.0 Å². The number of hydrogen-bond donors (Lipinski definition) is 0. The lowest BCUT2D eigenvalue weighted by Crippen LogP contribution is -3.00. The van der Waals surface area contributed by atoms with Crippen molar-refractivity contribution in [3.63, 3.8) is 0 Å². The molecule has 0 fully saturated rings. The number of halogens is 1. The van der Waals surface area contributed by atoms with Crippen LogP contribution in [-0.2, 0) is 13.6 Å².